The highest BCUT2D eigenvalue weighted by Crippen LogP contribution is 2.30. The molecule has 0 spiro atoms. The van der Waals surface area contributed by atoms with E-state index in [1.807, 2.05) is 0 Å². The number of amides is 1. The molecule has 0 aliphatic heterocycles. The molecule has 116 valence electrons. The van der Waals surface area contributed by atoms with E-state index in [9.17, 15) is 23.1 Å². The van der Waals surface area contributed by atoms with Gasteiger partial charge < -0.3 is 15.1 Å². The van der Waals surface area contributed by atoms with Crippen molar-refractivity contribution >= 4 is 5.91 Å². The van der Waals surface area contributed by atoms with Crippen LogP contribution >= 0.6 is 0 Å². The molecule has 1 aromatic carbocycles. The van der Waals surface area contributed by atoms with Gasteiger partial charge in [0.1, 0.15) is 0 Å². The summed E-state index contributed by atoms with van der Waals surface area (Å²) in [7, 11) is 0. The highest BCUT2D eigenvalue weighted by Gasteiger charge is 2.32. The molecule has 7 heteroatoms. The fourth-order valence-corrected chi connectivity index (χ4v) is 2.29. The molecule has 1 aliphatic carbocycles. The standard InChI is InChI=1S/C14H16F3NO3/c15-10-7-9(11(16)13(20)12(10)17)14(21)18(5-2-6-19)8-3-1-4-8/h7-8,19-20H,1-6H2. The number of phenols is 1. The first-order chi connectivity index (χ1) is 9.97. The predicted octanol–water partition coefficient (Wildman–Crippen LogP) is 2.19. The van der Waals surface area contributed by atoms with Gasteiger partial charge in [-0.1, -0.05) is 0 Å². The number of phenolic OH excluding ortho intramolecular Hbond substituents is 1. The van der Waals surface area contributed by atoms with Crippen LogP contribution in [0.3, 0.4) is 0 Å². The molecule has 0 aromatic heterocycles. The summed E-state index contributed by atoms with van der Waals surface area (Å²) in [5, 5.41) is 18.0. The second kappa shape index (κ2) is 6.34. The van der Waals surface area contributed by atoms with Crippen LogP contribution in [-0.4, -0.2) is 40.2 Å². The topological polar surface area (TPSA) is 60.8 Å². The molecule has 1 saturated carbocycles. The number of nitrogens with zero attached hydrogens (tertiary/aromatic N) is 1. The van der Waals surface area contributed by atoms with Crippen molar-refractivity contribution in [3.8, 4) is 5.75 Å². The lowest BCUT2D eigenvalue weighted by Crippen LogP contribution is -2.45. The van der Waals surface area contributed by atoms with Crippen molar-refractivity contribution < 1.29 is 28.2 Å². The van der Waals surface area contributed by atoms with E-state index in [2.05, 4.69) is 0 Å². The minimum atomic E-state index is -1.71. The van der Waals surface area contributed by atoms with Crippen LogP contribution in [0.4, 0.5) is 13.2 Å². The quantitative estimate of drug-likeness (QED) is 0.820. The summed E-state index contributed by atoms with van der Waals surface area (Å²) in [4.78, 5) is 13.7. The Balaban J connectivity index is 2.32. The third-order valence-electron chi connectivity index (χ3n) is 3.70. The van der Waals surface area contributed by atoms with Crippen molar-refractivity contribution in [1.29, 1.82) is 0 Å². The third-order valence-corrected chi connectivity index (χ3v) is 3.70. The first kappa shape index (κ1) is 15.6. The van der Waals surface area contributed by atoms with Crippen molar-refractivity contribution in [2.75, 3.05) is 13.2 Å². The fourth-order valence-electron chi connectivity index (χ4n) is 2.29. The molecule has 4 nitrogen and oxygen atoms in total. The number of hydrogen-bond acceptors (Lipinski definition) is 3. The Bertz CT molecular complexity index is 547. The van der Waals surface area contributed by atoms with Crippen LogP contribution in [0.15, 0.2) is 6.07 Å². The lowest BCUT2D eigenvalue weighted by molar-refractivity contribution is 0.0556. The average Bonchev–Trinajstić information content (AvgIpc) is 2.42. The van der Waals surface area contributed by atoms with E-state index in [1.165, 1.54) is 4.90 Å². The Morgan fingerprint density at radius 3 is 2.48 bits per heavy atom. The number of aromatic hydroxyl groups is 1. The number of hydrogen-bond donors (Lipinski definition) is 2. The first-order valence-corrected chi connectivity index (χ1v) is 6.75. The summed E-state index contributed by atoms with van der Waals surface area (Å²) in [6.45, 7) is 0.0568. The predicted molar refractivity (Wildman–Crippen MR) is 68.4 cm³/mol. The largest absolute Gasteiger partial charge is 0.503 e. The highest BCUT2D eigenvalue weighted by atomic mass is 19.2. The summed E-state index contributed by atoms with van der Waals surface area (Å²) < 4.78 is 40.1. The van der Waals surface area contributed by atoms with Crippen LogP contribution in [0.2, 0.25) is 0 Å². The van der Waals surface area contributed by atoms with Gasteiger partial charge in [0.25, 0.3) is 5.91 Å². The molecular weight excluding hydrogens is 287 g/mol. The summed E-state index contributed by atoms with van der Waals surface area (Å²) in [6, 6.07) is 0.357. The lowest BCUT2D eigenvalue weighted by atomic mass is 9.90. The average molecular weight is 303 g/mol. The maximum absolute atomic E-state index is 13.8. The van der Waals surface area contributed by atoms with E-state index in [1.54, 1.807) is 0 Å². The Morgan fingerprint density at radius 1 is 1.29 bits per heavy atom. The first-order valence-electron chi connectivity index (χ1n) is 6.75. The van der Waals surface area contributed by atoms with Gasteiger partial charge in [-0.3, -0.25) is 4.79 Å². The number of carbonyl (C=O) groups is 1. The smallest absolute Gasteiger partial charge is 0.257 e. The van der Waals surface area contributed by atoms with Crippen LogP contribution in [0.25, 0.3) is 0 Å². The summed E-state index contributed by atoms with van der Waals surface area (Å²) in [6.07, 6.45) is 2.72. The number of aliphatic hydroxyl groups excluding tert-OH is 1. The van der Waals surface area contributed by atoms with Crippen molar-refractivity contribution in [3.05, 3.63) is 29.1 Å². The van der Waals surface area contributed by atoms with E-state index in [4.69, 9.17) is 5.11 Å². The molecule has 1 fully saturated rings. The molecule has 0 radical (unpaired) electrons. The number of aliphatic hydroxyl groups is 1. The normalized spacial score (nSPS) is 14.9. The Labute approximate surface area is 119 Å². The van der Waals surface area contributed by atoms with Gasteiger partial charge >= 0.3 is 0 Å². The maximum Gasteiger partial charge on any atom is 0.257 e. The van der Waals surface area contributed by atoms with Gasteiger partial charge in [0.05, 0.1) is 5.56 Å². The van der Waals surface area contributed by atoms with Gasteiger partial charge in [-0.05, 0) is 31.7 Å². The summed E-state index contributed by atoms with van der Waals surface area (Å²) in [5.41, 5.74) is -0.698. The van der Waals surface area contributed by atoms with E-state index in [0.717, 1.165) is 19.3 Å². The number of halogens is 3. The molecule has 0 unspecified atom stereocenters. The zero-order valence-corrected chi connectivity index (χ0v) is 11.3. The molecule has 21 heavy (non-hydrogen) atoms. The van der Waals surface area contributed by atoms with Gasteiger partial charge in [-0.15, -0.1) is 0 Å². The maximum atomic E-state index is 13.8. The van der Waals surface area contributed by atoms with Crippen molar-refractivity contribution in [2.24, 2.45) is 0 Å². The molecule has 0 atom stereocenters. The monoisotopic (exact) mass is 303 g/mol. The van der Waals surface area contributed by atoms with Crippen LogP contribution in [-0.2, 0) is 0 Å². The van der Waals surface area contributed by atoms with Crippen molar-refractivity contribution in [2.45, 2.75) is 31.7 Å². The molecule has 0 saturated heterocycles. The molecular formula is C14H16F3NO3. The Hall–Kier alpha value is -1.76. The minimum absolute atomic E-state index is 0.0984. The number of rotatable bonds is 5. The Kier molecular flexibility index (Phi) is 4.72. The minimum Gasteiger partial charge on any atom is -0.503 e. The summed E-state index contributed by atoms with van der Waals surface area (Å²) >= 11 is 0. The Morgan fingerprint density at radius 2 is 1.95 bits per heavy atom. The van der Waals surface area contributed by atoms with Crippen LogP contribution < -0.4 is 0 Å². The van der Waals surface area contributed by atoms with Crippen LogP contribution in [0.1, 0.15) is 36.0 Å². The number of carbonyl (C=O) groups excluding carboxylic acids is 1. The molecule has 1 amide bonds. The van der Waals surface area contributed by atoms with Gasteiger partial charge in [0.2, 0.25) is 5.82 Å². The number of benzene rings is 1. The molecule has 0 bridgehead atoms. The third kappa shape index (κ3) is 2.97. The van der Waals surface area contributed by atoms with E-state index >= 15 is 0 Å². The van der Waals surface area contributed by atoms with Crippen molar-refractivity contribution in [3.63, 3.8) is 0 Å². The van der Waals surface area contributed by atoms with Gasteiger partial charge in [0.15, 0.2) is 17.4 Å². The molecule has 0 heterocycles. The highest BCUT2D eigenvalue weighted by molar-refractivity contribution is 5.95. The SMILES string of the molecule is O=C(c1cc(F)c(F)c(O)c1F)N(CCCO)C1CCC1. The molecule has 1 aliphatic rings. The van der Waals surface area contributed by atoms with E-state index in [0.29, 0.717) is 12.5 Å². The van der Waals surface area contributed by atoms with Crippen LogP contribution in [0, 0.1) is 17.5 Å². The second-order valence-corrected chi connectivity index (χ2v) is 5.04. The van der Waals surface area contributed by atoms with E-state index < -0.39 is 34.7 Å². The van der Waals surface area contributed by atoms with Gasteiger partial charge in [-0.25, -0.2) is 8.78 Å². The van der Waals surface area contributed by atoms with E-state index in [-0.39, 0.29) is 19.2 Å². The zero-order chi connectivity index (χ0) is 15.6. The molecule has 2 N–H and O–H groups in total. The second-order valence-electron chi connectivity index (χ2n) is 5.04. The fraction of sp³-hybridized carbons (Fsp3) is 0.500. The summed E-state index contributed by atoms with van der Waals surface area (Å²) in [5.74, 6) is -6.95. The lowest BCUT2D eigenvalue weighted by Gasteiger charge is -2.37. The molecule has 2 rings (SSSR count). The van der Waals surface area contributed by atoms with Gasteiger partial charge in [0, 0.05) is 19.2 Å². The zero-order valence-electron chi connectivity index (χ0n) is 11.3. The van der Waals surface area contributed by atoms with Crippen LogP contribution in [0.5, 0.6) is 5.75 Å². The molecule has 1 aromatic rings. The van der Waals surface area contributed by atoms with Gasteiger partial charge in [-0.2, -0.15) is 4.39 Å². The van der Waals surface area contributed by atoms with Crippen molar-refractivity contribution in [1.82, 2.24) is 4.90 Å².